The first kappa shape index (κ1) is 14.3. The summed E-state index contributed by atoms with van der Waals surface area (Å²) in [6.07, 6.45) is 8.94. The van der Waals surface area contributed by atoms with E-state index in [0.29, 0.717) is 30.0 Å². The van der Waals surface area contributed by atoms with Crippen LogP contribution in [-0.2, 0) is 0 Å². The lowest BCUT2D eigenvalue weighted by Crippen LogP contribution is -2.32. The first-order chi connectivity index (χ1) is 10.2. The molecule has 1 saturated carbocycles. The number of rotatable bonds is 4. The van der Waals surface area contributed by atoms with Crippen LogP contribution in [0.25, 0.3) is 0 Å². The molecule has 2 fully saturated rings. The maximum Gasteiger partial charge on any atom is 0.274 e. The normalized spacial score (nSPS) is 22.7. The summed E-state index contributed by atoms with van der Waals surface area (Å²) in [6.45, 7) is 4.61. The van der Waals surface area contributed by atoms with Gasteiger partial charge in [0.15, 0.2) is 0 Å². The van der Waals surface area contributed by atoms with Gasteiger partial charge in [-0.2, -0.15) is 0 Å². The summed E-state index contributed by atoms with van der Waals surface area (Å²) in [6, 6.07) is 0. The molecule has 0 bridgehead atoms. The number of amides is 1. The van der Waals surface area contributed by atoms with Crippen molar-refractivity contribution in [3.63, 3.8) is 0 Å². The topological polar surface area (TPSA) is 55.3 Å². The van der Waals surface area contributed by atoms with E-state index in [1.54, 1.807) is 12.4 Å². The number of carbonyl (C=O) groups excluding carboxylic acids is 1. The third kappa shape index (κ3) is 3.93. The smallest absolute Gasteiger partial charge is 0.274 e. The molecule has 5 heteroatoms. The quantitative estimate of drug-likeness (QED) is 0.854. The predicted octanol–water partition coefficient (Wildman–Crippen LogP) is 2.53. The monoisotopic (exact) mass is 289 g/mol. The SMILES string of the molecule is C[C@H]1CCCN(C(=O)c2cnc(OCC3CC3)cn2)CC1. The second kappa shape index (κ2) is 6.41. The van der Waals surface area contributed by atoms with Gasteiger partial charge in [0.05, 0.1) is 19.0 Å². The highest BCUT2D eigenvalue weighted by atomic mass is 16.5. The highest BCUT2D eigenvalue weighted by Crippen LogP contribution is 2.29. The van der Waals surface area contributed by atoms with Crippen molar-refractivity contribution >= 4 is 5.91 Å². The van der Waals surface area contributed by atoms with Gasteiger partial charge in [0.2, 0.25) is 5.88 Å². The van der Waals surface area contributed by atoms with E-state index in [1.807, 2.05) is 4.90 Å². The van der Waals surface area contributed by atoms with E-state index >= 15 is 0 Å². The molecule has 0 radical (unpaired) electrons. The molecule has 0 N–H and O–H groups in total. The van der Waals surface area contributed by atoms with Crippen LogP contribution in [0.1, 0.15) is 49.5 Å². The van der Waals surface area contributed by atoms with Crippen molar-refractivity contribution < 1.29 is 9.53 Å². The maximum absolute atomic E-state index is 12.4. The van der Waals surface area contributed by atoms with E-state index in [2.05, 4.69) is 16.9 Å². The fraction of sp³-hybridized carbons (Fsp3) is 0.688. The van der Waals surface area contributed by atoms with E-state index in [4.69, 9.17) is 4.74 Å². The molecule has 0 unspecified atom stereocenters. The Labute approximate surface area is 125 Å². The number of likely N-dealkylation sites (tertiary alicyclic amines) is 1. The molecule has 5 nitrogen and oxygen atoms in total. The first-order valence-corrected chi connectivity index (χ1v) is 7.96. The zero-order valence-electron chi connectivity index (χ0n) is 12.6. The number of hydrogen-bond acceptors (Lipinski definition) is 4. The molecule has 2 heterocycles. The van der Waals surface area contributed by atoms with E-state index in [9.17, 15) is 4.79 Å². The van der Waals surface area contributed by atoms with Crippen LogP contribution in [0.5, 0.6) is 5.88 Å². The van der Waals surface area contributed by atoms with Crippen LogP contribution < -0.4 is 4.74 Å². The summed E-state index contributed by atoms with van der Waals surface area (Å²) < 4.78 is 5.55. The Kier molecular flexibility index (Phi) is 4.36. The zero-order chi connectivity index (χ0) is 14.7. The van der Waals surface area contributed by atoms with Crippen LogP contribution in [0.2, 0.25) is 0 Å². The number of carbonyl (C=O) groups is 1. The first-order valence-electron chi connectivity index (χ1n) is 7.96. The average Bonchev–Trinajstić information content (AvgIpc) is 3.33. The van der Waals surface area contributed by atoms with Crippen molar-refractivity contribution in [1.82, 2.24) is 14.9 Å². The third-order valence-electron chi connectivity index (χ3n) is 4.32. The zero-order valence-corrected chi connectivity index (χ0v) is 12.6. The van der Waals surface area contributed by atoms with Gasteiger partial charge >= 0.3 is 0 Å². The van der Waals surface area contributed by atoms with Crippen molar-refractivity contribution in [2.45, 2.75) is 39.0 Å². The van der Waals surface area contributed by atoms with Crippen molar-refractivity contribution in [1.29, 1.82) is 0 Å². The van der Waals surface area contributed by atoms with Crippen LogP contribution in [0.4, 0.5) is 0 Å². The Morgan fingerprint density at radius 3 is 2.81 bits per heavy atom. The second-order valence-electron chi connectivity index (χ2n) is 6.32. The summed E-state index contributed by atoms with van der Waals surface area (Å²) in [5.74, 6) is 1.90. The average molecular weight is 289 g/mol. The minimum atomic E-state index is -0.00894. The van der Waals surface area contributed by atoms with Crippen molar-refractivity contribution in [2.24, 2.45) is 11.8 Å². The lowest BCUT2D eigenvalue weighted by molar-refractivity contribution is 0.0753. The minimum Gasteiger partial charge on any atom is -0.476 e. The third-order valence-corrected chi connectivity index (χ3v) is 4.32. The summed E-state index contributed by atoms with van der Waals surface area (Å²) >= 11 is 0. The summed E-state index contributed by atoms with van der Waals surface area (Å²) in [4.78, 5) is 22.8. The molecular formula is C16H23N3O2. The molecule has 1 atom stereocenters. The molecule has 3 rings (SSSR count). The molecule has 1 aromatic heterocycles. The fourth-order valence-corrected chi connectivity index (χ4v) is 2.62. The van der Waals surface area contributed by atoms with Crippen molar-refractivity contribution in [3.8, 4) is 5.88 Å². The Balaban J connectivity index is 1.58. The van der Waals surface area contributed by atoms with Gasteiger partial charge in [-0.05, 0) is 43.9 Å². The molecule has 1 aliphatic heterocycles. The highest BCUT2D eigenvalue weighted by Gasteiger charge is 2.23. The number of nitrogens with zero attached hydrogens (tertiary/aromatic N) is 3. The lowest BCUT2D eigenvalue weighted by Gasteiger charge is -2.19. The van der Waals surface area contributed by atoms with Crippen molar-refractivity contribution in [3.05, 3.63) is 18.1 Å². The van der Waals surface area contributed by atoms with E-state index < -0.39 is 0 Å². The molecule has 0 spiro atoms. The summed E-state index contributed by atoms with van der Waals surface area (Å²) in [7, 11) is 0. The number of aromatic nitrogens is 2. The van der Waals surface area contributed by atoms with Crippen LogP contribution in [-0.4, -0.2) is 40.5 Å². The fourth-order valence-electron chi connectivity index (χ4n) is 2.62. The van der Waals surface area contributed by atoms with Gasteiger partial charge in [0.1, 0.15) is 5.69 Å². The molecule has 114 valence electrons. The number of hydrogen-bond donors (Lipinski definition) is 0. The molecule has 0 aromatic carbocycles. The van der Waals surface area contributed by atoms with Gasteiger partial charge in [-0.25, -0.2) is 9.97 Å². The van der Waals surface area contributed by atoms with Gasteiger partial charge in [0.25, 0.3) is 5.91 Å². The molecule has 1 aromatic rings. The van der Waals surface area contributed by atoms with E-state index in [0.717, 1.165) is 25.9 Å². The Morgan fingerprint density at radius 1 is 1.24 bits per heavy atom. The Bertz CT molecular complexity index is 485. The van der Waals surface area contributed by atoms with Gasteiger partial charge in [-0.3, -0.25) is 4.79 Å². The minimum absolute atomic E-state index is 0.00894. The molecule has 1 aliphatic carbocycles. The summed E-state index contributed by atoms with van der Waals surface area (Å²) in [5.41, 5.74) is 0.420. The highest BCUT2D eigenvalue weighted by molar-refractivity contribution is 5.92. The predicted molar refractivity (Wildman–Crippen MR) is 79.2 cm³/mol. The maximum atomic E-state index is 12.4. The van der Waals surface area contributed by atoms with Gasteiger partial charge in [0, 0.05) is 13.1 Å². The van der Waals surface area contributed by atoms with Crippen LogP contribution in [0.15, 0.2) is 12.4 Å². The Hall–Kier alpha value is -1.65. The van der Waals surface area contributed by atoms with E-state index in [-0.39, 0.29) is 5.91 Å². The van der Waals surface area contributed by atoms with Gasteiger partial charge in [-0.15, -0.1) is 0 Å². The van der Waals surface area contributed by atoms with Crippen LogP contribution in [0.3, 0.4) is 0 Å². The van der Waals surface area contributed by atoms with Crippen LogP contribution in [0, 0.1) is 11.8 Å². The lowest BCUT2D eigenvalue weighted by atomic mass is 10.0. The standard InChI is InChI=1S/C16H23N3O2/c1-12-3-2-7-19(8-6-12)16(20)14-9-18-15(10-17-14)21-11-13-4-5-13/h9-10,12-13H,2-8,11H2,1H3/t12-/m0/s1. The Morgan fingerprint density at radius 2 is 2.10 bits per heavy atom. The number of ether oxygens (including phenoxy) is 1. The van der Waals surface area contributed by atoms with Gasteiger partial charge in [-0.1, -0.05) is 6.92 Å². The molecule has 1 saturated heterocycles. The van der Waals surface area contributed by atoms with E-state index in [1.165, 1.54) is 19.3 Å². The van der Waals surface area contributed by atoms with Crippen molar-refractivity contribution in [2.75, 3.05) is 19.7 Å². The largest absolute Gasteiger partial charge is 0.476 e. The van der Waals surface area contributed by atoms with Gasteiger partial charge < -0.3 is 9.64 Å². The summed E-state index contributed by atoms with van der Waals surface area (Å²) in [5, 5.41) is 0. The van der Waals surface area contributed by atoms with Crippen LogP contribution >= 0.6 is 0 Å². The second-order valence-corrected chi connectivity index (χ2v) is 6.32. The molecule has 2 aliphatic rings. The molecular weight excluding hydrogens is 266 g/mol. The molecule has 1 amide bonds. The molecule has 21 heavy (non-hydrogen) atoms.